The van der Waals surface area contributed by atoms with Crippen molar-refractivity contribution in [3.8, 4) is 17.2 Å². The predicted octanol–water partition coefficient (Wildman–Crippen LogP) is 1.54. The molecule has 59 heavy (non-hydrogen) atoms. The normalized spacial score (nSPS) is 38.4. The number of aliphatic carboxylic acids is 1. The average molecular weight is 832 g/mol. The second kappa shape index (κ2) is 16.2. The lowest BCUT2D eigenvalue weighted by Gasteiger charge is -2.48. The van der Waals surface area contributed by atoms with Crippen LogP contribution in [0.25, 0.3) is 0 Å². The molecule has 3 aliphatic heterocycles. The van der Waals surface area contributed by atoms with Gasteiger partial charge in [-0.15, -0.1) is 0 Å². The Bertz CT molecular complexity index is 1950. The Kier molecular flexibility index (Phi) is 11.9. The molecular weight excluding hydrogens is 778 g/mol. The first kappa shape index (κ1) is 43.3. The van der Waals surface area contributed by atoms with Gasteiger partial charge in [-0.1, -0.05) is 6.92 Å². The average Bonchev–Trinajstić information content (AvgIpc) is 3.15. The highest BCUT2D eigenvalue weighted by Crippen LogP contribution is 2.54. The van der Waals surface area contributed by atoms with Crippen LogP contribution < -0.4 is 0 Å². The number of likely N-dealkylation sites (N-methyl/N-ethyl adjacent to an activating group) is 1. The van der Waals surface area contributed by atoms with E-state index in [1.54, 1.807) is 27.7 Å². The first-order valence-corrected chi connectivity index (χ1v) is 19.9. The summed E-state index contributed by atoms with van der Waals surface area (Å²) in [6.07, 6.45) is -10.9. The molecule has 2 aliphatic carbocycles. The number of nitrogens with zero attached hydrogens (tertiary/aromatic N) is 1. The van der Waals surface area contributed by atoms with Gasteiger partial charge in [-0.2, -0.15) is 0 Å². The van der Waals surface area contributed by atoms with Gasteiger partial charge in [0.2, 0.25) is 5.78 Å². The fourth-order valence-electron chi connectivity index (χ4n) is 9.41. The number of rotatable bonds is 9. The first-order chi connectivity index (χ1) is 27.8. The van der Waals surface area contributed by atoms with Gasteiger partial charge >= 0.3 is 5.97 Å². The number of carboxylic acid groups (broad SMARTS) is 1. The molecule has 0 saturated carbocycles. The SMILES string of the molecule is CC[C@@]1(O)C[C@H](OC2CC(N(C)C)C(OC3CC(O)C(OC4CC(O)C(O)C(C)O4)C(C)O3)C(C)O2)c2c(cc3c(c2O)C(=O)c2c(O)ccc(O)c2C3=O)[C@H]1C(=O)O. The van der Waals surface area contributed by atoms with Gasteiger partial charge in [-0.25, -0.2) is 0 Å². The molecule has 2 aromatic rings. The number of aromatic hydroxyl groups is 3. The fourth-order valence-corrected chi connectivity index (χ4v) is 9.41. The first-order valence-electron chi connectivity index (χ1n) is 19.9. The van der Waals surface area contributed by atoms with E-state index in [0.29, 0.717) is 0 Å². The van der Waals surface area contributed by atoms with Crippen LogP contribution in [-0.4, -0.2) is 157 Å². The summed E-state index contributed by atoms with van der Waals surface area (Å²) in [4.78, 5) is 42.4. The lowest BCUT2D eigenvalue weighted by molar-refractivity contribution is -0.332. The molecule has 0 aromatic heterocycles. The zero-order valence-electron chi connectivity index (χ0n) is 33.5. The maximum absolute atomic E-state index is 13.9. The maximum atomic E-state index is 13.9. The van der Waals surface area contributed by atoms with Crippen LogP contribution in [0, 0.1) is 0 Å². The van der Waals surface area contributed by atoms with E-state index in [2.05, 4.69) is 0 Å². The van der Waals surface area contributed by atoms with E-state index in [-0.39, 0.29) is 43.2 Å². The Labute approximate surface area is 339 Å². The van der Waals surface area contributed by atoms with Crippen molar-refractivity contribution in [2.45, 2.75) is 151 Å². The van der Waals surface area contributed by atoms with Crippen molar-refractivity contribution in [1.82, 2.24) is 4.90 Å². The van der Waals surface area contributed by atoms with Gasteiger partial charge in [-0.3, -0.25) is 14.4 Å². The number of carbonyl (C=O) groups is 3. The Hall–Kier alpha value is -3.79. The van der Waals surface area contributed by atoms with Gasteiger partial charge in [0, 0.05) is 42.9 Å². The summed E-state index contributed by atoms with van der Waals surface area (Å²) in [6.45, 7) is 6.67. The largest absolute Gasteiger partial charge is 0.507 e. The molecule has 324 valence electrons. The molecule has 2 aromatic carbocycles. The Morgan fingerprint density at radius 2 is 1.34 bits per heavy atom. The fraction of sp³-hybridized carbons (Fsp3) is 0.634. The summed E-state index contributed by atoms with van der Waals surface area (Å²) in [7, 11) is 3.65. The minimum absolute atomic E-state index is 0.0143. The molecule has 5 aliphatic rings. The number of carboxylic acids is 1. The summed E-state index contributed by atoms with van der Waals surface area (Å²) in [6, 6.07) is 2.81. The van der Waals surface area contributed by atoms with Crippen molar-refractivity contribution >= 4 is 17.5 Å². The zero-order valence-corrected chi connectivity index (χ0v) is 33.5. The molecule has 3 heterocycles. The molecular formula is C41H53NO17. The number of hydrogen-bond acceptors (Lipinski definition) is 17. The Morgan fingerprint density at radius 1 is 0.797 bits per heavy atom. The second-order valence-corrected chi connectivity index (χ2v) is 16.6. The third-order valence-corrected chi connectivity index (χ3v) is 12.6. The van der Waals surface area contributed by atoms with E-state index >= 15 is 0 Å². The van der Waals surface area contributed by atoms with Crippen LogP contribution in [0.4, 0.5) is 0 Å². The molecule has 3 fully saturated rings. The predicted molar refractivity (Wildman–Crippen MR) is 201 cm³/mol. The summed E-state index contributed by atoms with van der Waals surface area (Å²) in [5, 5.41) is 86.7. The molecule has 0 bridgehead atoms. The summed E-state index contributed by atoms with van der Waals surface area (Å²) >= 11 is 0. The van der Waals surface area contributed by atoms with Crippen LogP contribution >= 0.6 is 0 Å². The van der Waals surface area contributed by atoms with E-state index in [1.165, 1.54) is 0 Å². The van der Waals surface area contributed by atoms with Crippen LogP contribution in [0.2, 0.25) is 0 Å². The van der Waals surface area contributed by atoms with Crippen molar-refractivity contribution < 1.29 is 83.7 Å². The van der Waals surface area contributed by atoms with Crippen LogP contribution in [0.5, 0.6) is 17.2 Å². The minimum atomic E-state index is -1.95. The minimum Gasteiger partial charge on any atom is -0.507 e. The van der Waals surface area contributed by atoms with Gasteiger partial charge in [0.15, 0.2) is 24.7 Å². The van der Waals surface area contributed by atoms with Crippen LogP contribution in [-0.2, 0) is 33.2 Å². The summed E-state index contributed by atoms with van der Waals surface area (Å²) in [5.74, 6) is -6.96. The smallest absolute Gasteiger partial charge is 0.313 e. The highest BCUT2D eigenvalue weighted by Gasteiger charge is 2.53. The third-order valence-electron chi connectivity index (χ3n) is 12.6. The number of ketones is 2. The molecule has 12 unspecified atom stereocenters. The molecule has 18 nitrogen and oxygen atoms in total. The van der Waals surface area contributed by atoms with E-state index in [0.717, 1.165) is 18.2 Å². The van der Waals surface area contributed by atoms with Crippen molar-refractivity contribution in [1.29, 1.82) is 0 Å². The van der Waals surface area contributed by atoms with Crippen molar-refractivity contribution in [2.75, 3.05) is 14.1 Å². The van der Waals surface area contributed by atoms with E-state index < -0.39 is 148 Å². The maximum Gasteiger partial charge on any atom is 0.313 e. The Morgan fingerprint density at radius 3 is 1.90 bits per heavy atom. The summed E-state index contributed by atoms with van der Waals surface area (Å²) in [5.41, 5.74) is -4.17. The molecule has 7 rings (SSSR count). The van der Waals surface area contributed by atoms with Gasteiger partial charge < -0.3 is 74.2 Å². The quantitative estimate of drug-likeness (QED) is 0.142. The van der Waals surface area contributed by atoms with Crippen LogP contribution in [0.15, 0.2) is 18.2 Å². The number of hydrogen-bond donors (Lipinski definition) is 8. The number of aliphatic hydroxyl groups is 4. The van der Waals surface area contributed by atoms with Crippen LogP contribution in [0.1, 0.15) is 115 Å². The zero-order chi connectivity index (χ0) is 43.0. The topological polar surface area (TPSA) is 272 Å². The molecule has 18 heteroatoms. The monoisotopic (exact) mass is 831 g/mol. The highest BCUT2D eigenvalue weighted by atomic mass is 16.7. The summed E-state index contributed by atoms with van der Waals surface area (Å²) < 4.78 is 37.2. The third kappa shape index (κ3) is 7.63. The lowest BCUT2D eigenvalue weighted by atomic mass is 9.67. The number of aliphatic hydroxyl groups excluding tert-OH is 3. The number of fused-ring (bicyclic) bond motifs is 3. The highest BCUT2D eigenvalue weighted by molar-refractivity contribution is 6.31. The molecule has 8 N–H and O–H groups in total. The van der Waals surface area contributed by atoms with Crippen LogP contribution in [0.3, 0.4) is 0 Å². The number of ether oxygens (including phenoxy) is 6. The standard InChI is InChI=1S/C41H53NO17/c1-7-41(53)14-25(29-18(33(41)40(51)52)10-19-30(36(29)49)37(50)32-22(44)9-8-21(43)31(32)35(19)48)57-26-11-20(42(5)6)38(16(3)55-26)58-28-13-24(46)39(17(4)56-28)59-27-12-23(45)34(47)15(2)54-27/h8-10,15-17,20,23-28,33-34,38-39,43-47,49,53H,7,11-14H2,1-6H3,(H,51,52)/t15?,16?,17?,20?,23?,24?,25-,26?,27?,28?,33-,34?,38?,39?,41+/m0/s1. The van der Waals surface area contributed by atoms with Crippen molar-refractivity contribution in [3.05, 3.63) is 51.6 Å². The van der Waals surface area contributed by atoms with Gasteiger partial charge in [0.1, 0.15) is 41.5 Å². The van der Waals surface area contributed by atoms with Gasteiger partial charge in [0.25, 0.3) is 0 Å². The number of benzene rings is 2. The second-order valence-electron chi connectivity index (χ2n) is 16.6. The van der Waals surface area contributed by atoms with E-state index in [4.69, 9.17) is 28.4 Å². The molecule has 0 radical (unpaired) electrons. The van der Waals surface area contributed by atoms with E-state index in [9.17, 15) is 55.2 Å². The molecule has 0 spiro atoms. The van der Waals surface area contributed by atoms with Crippen molar-refractivity contribution in [3.63, 3.8) is 0 Å². The number of phenolic OH excluding ortho intramolecular Hbond substituents is 3. The Balaban J connectivity index is 1.13. The lowest BCUT2D eigenvalue weighted by Crippen LogP contribution is -2.58. The van der Waals surface area contributed by atoms with E-state index in [1.807, 2.05) is 19.0 Å². The molecule has 0 amide bonds. The molecule has 3 saturated heterocycles. The number of carbonyl (C=O) groups excluding carboxylic acids is 2. The van der Waals surface area contributed by atoms with Gasteiger partial charge in [-0.05, 0) is 65.0 Å². The van der Waals surface area contributed by atoms with Crippen molar-refractivity contribution in [2.24, 2.45) is 0 Å². The number of phenols is 3. The molecule has 15 atom stereocenters. The van der Waals surface area contributed by atoms with Gasteiger partial charge in [0.05, 0.1) is 58.9 Å².